The predicted molar refractivity (Wildman–Crippen MR) is 63.6 cm³/mol. The highest BCUT2D eigenvalue weighted by Crippen LogP contribution is 2.36. The van der Waals surface area contributed by atoms with E-state index >= 15 is 0 Å². The van der Waals surface area contributed by atoms with Gasteiger partial charge in [0.05, 0.1) is 6.61 Å². The van der Waals surface area contributed by atoms with Gasteiger partial charge < -0.3 is 10.8 Å². The fourth-order valence-corrected chi connectivity index (χ4v) is 3.38. The van der Waals surface area contributed by atoms with Crippen molar-refractivity contribution in [3.05, 3.63) is 0 Å². The van der Waals surface area contributed by atoms with E-state index in [2.05, 4.69) is 13.8 Å². The van der Waals surface area contributed by atoms with E-state index in [0.29, 0.717) is 5.25 Å². The van der Waals surface area contributed by atoms with Gasteiger partial charge >= 0.3 is 0 Å². The quantitative estimate of drug-likeness (QED) is 0.740. The molecule has 3 N–H and O–H groups in total. The summed E-state index contributed by atoms with van der Waals surface area (Å²) in [6, 6.07) is 0. The Labute approximate surface area is 91.6 Å². The van der Waals surface area contributed by atoms with Crippen molar-refractivity contribution in [3.63, 3.8) is 0 Å². The lowest BCUT2D eigenvalue weighted by Crippen LogP contribution is -2.41. The highest BCUT2D eigenvalue weighted by atomic mass is 32.2. The van der Waals surface area contributed by atoms with Gasteiger partial charge in [-0.15, -0.1) is 0 Å². The molecule has 1 rings (SSSR count). The smallest absolute Gasteiger partial charge is 0.0611 e. The monoisotopic (exact) mass is 217 g/mol. The van der Waals surface area contributed by atoms with Crippen LogP contribution >= 0.6 is 11.8 Å². The largest absolute Gasteiger partial charge is 0.394 e. The number of hydrogen-bond donors (Lipinski definition) is 2. The number of rotatable bonds is 5. The Hall–Kier alpha value is 0.270. The first-order valence-electron chi connectivity index (χ1n) is 5.61. The molecular weight excluding hydrogens is 194 g/mol. The van der Waals surface area contributed by atoms with Crippen LogP contribution in [-0.2, 0) is 0 Å². The Bertz CT molecular complexity index is 177. The molecule has 0 aromatic carbocycles. The molecule has 2 nitrogen and oxygen atoms in total. The zero-order valence-electron chi connectivity index (χ0n) is 9.33. The van der Waals surface area contributed by atoms with Crippen molar-refractivity contribution < 1.29 is 5.11 Å². The number of hydrogen-bond acceptors (Lipinski definition) is 3. The van der Waals surface area contributed by atoms with Gasteiger partial charge in [-0.1, -0.05) is 20.3 Å². The fraction of sp³-hybridized carbons (Fsp3) is 1.00. The molecule has 3 heteroatoms. The van der Waals surface area contributed by atoms with Crippen LogP contribution in [0.1, 0.15) is 39.5 Å². The Kier molecular flexibility index (Phi) is 4.74. The summed E-state index contributed by atoms with van der Waals surface area (Å²) in [6.07, 6.45) is 4.41. The standard InChI is InChI=1S/C11H23NOS/c1-3-9(2)7-14-10-4-5-11(12,6-10)8-13/h9-10,13H,3-8,12H2,1-2H3. The van der Waals surface area contributed by atoms with Crippen LogP contribution in [0.4, 0.5) is 0 Å². The van der Waals surface area contributed by atoms with Crippen molar-refractivity contribution in [2.45, 2.75) is 50.3 Å². The maximum Gasteiger partial charge on any atom is 0.0611 e. The van der Waals surface area contributed by atoms with E-state index in [1.54, 1.807) is 0 Å². The van der Waals surface area contributed by atoms with Crippen LogP contribution in [0.15, 0.2) is 0 Å². The minimum absolute atomic E-state index is 0.146. The van der Waals surface area contributed by atoms with Crippen molar-refractivity contribution in [2.24, 2.45) is 11.7 Å². The molecule has 0 radical (unpaired) electrons. The molecule has 0 spiro atoms. The molecule has 0 amide bonds. The first-order chi connectivity index (χ1) is 6.59. The average Bonchev–Trinajstić information content (AvgIpc) is 2.58. The Morgan fingerprint density at radius 1 is 1.64 bits per heavy atom. The lowest BCUT2D eigenvalue weighted by Gasteiger charge is -2.21. The molecule has 3 unspecified atom stereocenters. The number of aliphatic hydroxyl groups excluding tert-OH is 1. The summed E-state index contributed by atoms with van der Waals surface area (Å²) in [5.74, 6) is 2.05. The summed E-state index contributed by atoms with van der Waals surface area (Å²) < 4.78 is 0. The van der Waals surface area contributed by atoms with Gasteiger partial charge in [-0.25, -0.2) is 0 Å². The number of aliphatic hydroxyl groups is 1. The lowest BCUT2D eigenvalue weighted by atomic mass is 10.0. The minimum Gasteiger partial charge on any atom is -0.394 e. The molecule has 1 saturated carbocycles. The van der Waals surface area contributed by atoms with Crippen LogP contribution in [0.5, 0.6) is 0 Å². The van der Waals surface area contributed by atoms with E-state index in [4.69, 9.17) is 10.8 Å². The second-order valence-corrected chi connectivity index (χ2v) is 6.07. The van der Waals surface area contributed by atoms with Crippen LogP contribution in [-0.4, -0.2) is 28.3 Å². The van der Waals surface area contributed by atoms with Crippen molar-refractivity contribution in [3.8, 4) is 0 Å². The van der Waals surface area contributed by atoms with Gasteiger partial charge in [0.25, 0.3) is 0 Å². The molecule has 84 valence electrons. The molecule has 0 aromatic rings. The molecule has 14 heavy (non-hydrogen) atoms. The van der Waals surface area contributed by atoms with Crippen LogP contribution in [0.3, 0.4) is 0 Å². The van der Waals surface area contributed by atoms with Gasteiger partial charge in [-0.2, -0.15) is 11.8 Å². The van der Waals surface area contributed by atoms with Gasteiger partial charge in [0.1, 0.15) is 0 Å². The Morgan fingerprint density at radius 2 is 2.36 bits per heavy atom. The first kappa shape index (κ1) is 12.3. The van der Waals surface area contributed by atoms with Gasteiger partial charge in [-0.3, -0.25) is 0 Å². The SMILES string of the molecule is CCC(C)CSC1CCC(N)(CO)C1. The van der Waals surface area contributed by atoms with Crippen molar-refractivity contribution in [1.82, 2.24) is 0 Å². The van der Waals surface area contributed by atoms with Gasteiger partial charge in [0.15, 0.2) is 0 Å². The molecule has 3 atom stereocenters. The van der Waals surface area contributed by atoms with Crippen LogP contribution in [0.2, 0.25) is 0 Å². The molecule has 0 saturated heterocycles. The van der Waals surface area contributed by atoms with Gasteiger partial charge in [0, 0.05) is 10.8 Å². The maximum absolute atomic E-state index is 9.13. The molecule has 1 fully saturated rings. The highest BCUT2D eigenvalue weighted by Gasteiger charge is 2.35. The van der Waals surface area contributed by atoms with Crippen LogP contribution in [0.25, 0.3) is 0 Å². The molecule has 0 aliphatic heterocycles. The normalized spacial score (nSPS) is 34.7. The van der Waals surface area contributed by atoms with Gasteiger partial charge in [0.2, 0.25) is 0 Å². The summed E-state index contributed by atoms with van der Waals surface area (Å²) in [5, 5.41) is 9.81. The highest BCUT2D eigenvalue weighted by molar-refractivity contribution is 7.99. The molecule has 0 aromatic heterocycles. The minimum atomic E-state index is -0.271. The molecule has 1 aliphatic carbocycles. The van der Waals surface area contributed by atoms with Crippen molar-refractivity contribution in [1.29, 1.82) is 0 Å². The van der Waals surface area contributed by atoms with Gasteiger partial charge in [-0.05, 0) is 30.9 Å². The first-order valence-corrected chi connectivity index (χ1v) is 6.66. The van der Waals surface area contributed by atoms with E-state index in [1.807, 2.05) is 11.8 Å². The lowest BCUT2D eigenvalue weighted by molar-refractivity contribution is 0.200. The van der Waals surface area contributed by atoms with E-state index < -0.39 is 0 Å². The zero-order chi connectivity index (χ0) is 10.6. The molecule has 0 heterocycles. The summed E-state index contributed by atoms with van der Waals surface area (Å²) in [6.45, 7) is 4.68. The number of nitrogens with two attached hydrogens (primary N) is 1. The van der Waals surface area contributed by atoms with E-state index in [0.717, 1.165) is 18.8 Å². The third-order valence-electron chi connectivity index (χ3n) is 3.23. The molecule has 1 aliphatic rings. The summed E-state index contributed by atoms with van der Waals surface area (Å²) in [5.41, 5.74) is 5.75. The van der Waals surface area contributed by atoms with Crippen LogP contribution in [0, 0.1) is 5.92 Å². The third-order valence-corrected chi connectivity index (χ3v) is 4.86. The molecular formula is C11H23NOS. The Morgan fingerprint density at radius 3 is 2.86 bits per heavy atom. The van der Waals surface area contributed by atoms with E-state index in [-0.39, 0.29) is 12.1 Å². The zero-order valence-corrected chi connectivity index (χ0v) is 10.1. The second-order valence-electron chi connectivity index (χ2n) is 4.73. The summed E-state index contributed by atoms with van der Waals surface area (Å²) in [4.78, 5) is 0. The summed E-state index contributed by atoms with van der Waals surface area (Å²) in [7, 11) is 0. The maximum atomic E-state index is 9.13. The van der Waals surface area contributed by atoms with Crippen molar-refractivity contribution in [2.75, 3.05) is 12.4 Å². The Balaban J connectivity index is 2.22. The third kappa shape index (κ3) is 3.44. The topological polar surface area (TPSA) is 46.2 Å². The average molecular weight is 217 g/mol. The summed E-state index contributed by atoms with van der Waals surface area (Å²) >= 11 is 2.04. The van der Waals surface area contributed by atoms with E-state index in [9.17, 15) is 0 Å². The van der Waals surface area contributed by atoms with Crippen LogP contribution < -0.4 is 5.73 Å². The van der Waals surface area contributed by atoms with Crippen molar-refractivity contribution >= 4 is 11.8 Å². The fourth-order valence-electron chi connectivity index (χ4n) is 1.81. The van der Waals surface area contributed by atoms with E-state index in [1.165, 1.54) is 18.6 Å². The predicted octanol–water partition coefficient (Wildman–Crippen LogP) is 2.01. The number of thioether (sulfide) groups is 1. The second kappa shape index (κ2) is 5.38. The molecule has 0 bridgehead atoms.